The number of anilines is 1. The van der Waals surface area contributed by atoms with Crippen LogP contribution in [-0.2, 0) is 14.4 Å². The lowest BCUT2D eigenvalue weighted by Gasteiger charge is -2.31. The second-order valence-electron chi connectivity index (χ2n) is 5.30. The molecule has 0 spiro atoms. The van der Waals surface area contributed by atoms with Crippen LogP contribution >= 0.6 is 11.8 Å². The van der Waals surface area contributed by atoms with Gasteiger partial charge in [0.05, 0.1) is 10.5 Å². The van der Waals surface area contributed by atoms with Crippen LogP contribution in [0.1, 0.15) is 13.8 Å². The van der Waals surface area contributed by atoms with Gasteiger partial charge in [-0.05, 0) is 26.0 Å². The van der Waals surface area contributed by atoms with Gasteiger partial charge in [-0.15, -0.1) is 11.8 Å². The fourth-order valence-electron chi connectivity index (χ4n) is 2.44. The lowest BCUT2D eigenvalue weighted by molar-refractivity contribution is -0.147. The normalized spacial score (nSPS) is 23.1. The monoisotopic (exact) mass is 336 g/mol. The number of hydrogen-bond donors (Lipinski definition) is 1. The van der Waals surface area contributed by atoms with Gasteiger partial charge in [-0.3, -0.25) is 19.3 Å². The van der Waals surface area contributed by atoms with E-state index < -0.39 is 5.91 Å². The van der Waals surface area contributed by atoms with Crippen molar-refractivity contribution in [2.75, 3.05) is 18.7 Å². The molecule has 2 heterocycles. The number of carbonyl (C=O) groups excluding carboxylic acids is 3. The van der Waals surface area contributed by atoms with Crippen molar-refractivity contribution in [3.63, 3.8) is 0 Å². The fraction of sp³-hybridized carbons (Fsp3) is 0.400. The second-order valence-corrected chi connectivity index (χ2v) is 6.99. The van der Waals surface area contributed by atoms with Gasteiger partial charge >= 0.3 is 0 Å². The van der Waals surface area contributed by atoms with Crippen molar-refractivity contribution in [1.82, 2.24) is 4.90 Å². The van der Waals surface area contributed by atoms with Gasteiger partial charge in [0.15, 0.2) is 11.5 Å². The minimum Gasteiger partial charge on any atom is -0.454 e. The Morgan fingerprint density at radius 2 is 1.87 bits per heavy atom. The van der Waals surface area contributed by atoms with Crippen molar-refractivity contribution in [2.45, 2.75) is 24.3 Å². The van der Waals surface area contributed by atoms with Gasteiger partial charge in [0.1, 0.15) is 6.54 Å². The maximum Gasteiger partial charge on any atom is 0.244 e. The third-order valence-corrected chi connectivity index (χ3v) is 4.81. The Kier molecular flexibility index (Phi) is 4.16. The third-order valence-electron chi connectivity index (χ3n) is 3.59. The quantitative estimate of drug-likeness (QED) is 0.836. The number of amides is 3. The minimum atomic E-state index is -0.433. The standard InChI is InChI=1S/C15H16N2O5S/c1-8-14(19)17(15(20)9(2)23-8)6-13(18)16-10-3-4-11-12(5-10)22-7-21-11/h3-5,8-9H,6-7H2,1-2H3,(H,16,18)/t8-,9-/m1/s1. The first-order chi connectivity index (χ1) is 11.0. The van der Waals surface area contributed by atoms with Crippen LogP contribution in [0.15, 0.2) is 18.2 Å². The highest BCUT2D eigenvalue weighted by Gasteiger charge is 2.38. The molecule has 2 aliphatic rings. The summed E-state index contributed by atoms with van der Waals surface area (Å²) in [7, 11) is 0. The molecule has 3 rings (SSSR count). The molecule has 0 aliphatic carbocycles. The molecule has 0 aromatic heterocycles. The molecule has 23 heavy (non-hydrogen) atoms. The number of hydrogen-bond acceptors (Lipinski definition) is 6. The Morgan fingerprint density at radius 3 is 2.57 bits per heavy atom. The number of nitrogens with one attached hydrogen (secondary N) is 1. The van der Waals surface area contributed by atoms with Crippen LogP contribution in [0.2, 0.25) is 0 Å². The highest BCUT2D eigenvalue weighted by atomic mass is 32.2. The molecule has 2 atom stereocenters. The Balaban J connectivity index is 1.67. The van der Waals surface area contributed by atoms with E-state index in [2.05, 4.69) is 5.32 Å². The third kappa shape index (κ3) is 3.12. The van der Waals surface area contributed by atoms with Crippen LogP contribution in [0, 0.1) is 0 Å². The van der Waals surface area contributed by atoms with E-state index in [4.69, 9.17) is 9.47 Å². The molecular weight excluding hydrogens is 320 g/mol. The molecule has 2 aliphatic heterocycles. The van der Waals surface area contributed by atoms with Gasteiger partial charge in [-0.1, -0.05) is 0 Å². The number of fused-ring (bicyclic) bond motifs is 1. The van der Waals surface area contributed by atoms with Crippen LogP contribution in [-0.4, -0.2) is 46.5 Å². The molecule has 1 N–H and O–H groups in total. The summed E-state index contributed by atoms with van der Waals surface area (Å²) >= 11 is 1.30. The van der Waals surface area contributed by atoms with Crippen molar-refractivity contribution in [1.29, 1.82) is 0 Å². The Bertz CT molecular complexity index is 658. The largest absolute Gasteiger partial charge is 0.454 e. The molecule has 0 saturated carbocycles. The van der Waals surface area contributed by atoms with Crippen LogP contribution in [0.5, 0.6) is 11.5 Å². The zero-order valence-electron chi connectivity index (χ0n) is 12.7. The predicted molar refractivity (Wildman–Crippen MR) is 84.4 cm³/mol. The Hall–Kier alpha value is -2.22. The number of imide groups is 1. The second kappa shape index (κ2) is 6.11. The molecular formula is C15H16N2O5S. The molecule has 8 heteroatoms. The van der Waals surface area contributed by atoms with E-state index in [0.29, 0.717) is 17.2 Å². The zero-order valence-corrected chi connectivity index (χ0v) is 13.5. The number of rotatable bonds is 3. The van der Waals surface area contributed by atoms with Gasteiger partial charge in [-0.2, -0.15) is 0 Å². The highest BCUT2D eigenvalue weighted by molar-refractivity contribution is 8.02. The summed E-state index contributed by atoms with van der Waals surface area (Å²) in [4.78, 5) is 37.4. The number of carbonyl (C=O) groups is 3. The number of thioether (sulfide) groups is 1. The molecule has 0 radical (unpaired) electrons. The predicted octanol–water partition coefficient (Wildman–Crippen LogP) is 1.23. The molecule has 1 fully saturated rings. The summed E-state index contributed by atoms with van der Waals surface area (Å²) in [6, 6.07) is 5.00. The van der Waals surface area contributed by atoms with Gasteiger partial charge in [-0.25, -0.2) is 0 Å². The minimum absolute atomic E-state index is 0.150. The number of benzene rings is 1. The van der Waals surface area contributed by atoms with Gasteiger partial charge in [0, 0.05) is 11.8 Å². The number of ether oxygens (including phenoxy) is 2. The van der Waals surface area contributed by atoms with E-state index in [9.17, 15) is 14.4 Å². The first-order valence-electron chi connectivity index (χ1n) is 7.16. The summed E-state index contributed by atoms with van der Waals surface area (Å²) in [5.41, 5.74) is 0.520. The SMILES string of the molecule is C[C@H]1S[C@H](C)C(=O)N(CC(=O)Nc2ccc3c(c2)OCO3)C1=O. The average molecular weight is 336 g/mol. The first-order valence-corrected chi connectivity index (χ1v) is 8.10. The van der Waals surface area contributed by atoms with Crippen molar-refractivity contribution in [2.24, 2.45) is 0 Å². The molecule has 7 nitrogen and oxygen atoms in total. The maximum atomic E-state index is 12.1. The van der Waals surface area contributed by atoms with Crippen LogP contribution in [0.25, 0.3) is 0 Å². The van der Waals surface area contributed by atoms with E-state index in [1.807, 2.05) is 0 Å². The average Bonchev–Trinajstić information content (AvgIpc) is 2.97. The summed E-state index contributed by atoms with van der Waals surface area (Å²) in [5, 5.41) is 2.00. The summed E-state index contributed by atoms with van der Waals surface area (Å²) in [5.74, 6) is 0.0605. The van der Waals surface area contributed by atoms with Crippen molar-refractivity contribution >= 4 is 35.2 Å². The van der Waals surface area contributed by atoms with E-state index >= 15 is 0 Å². The Morgan fingerprint density at radius 1 is 1.22 bits per heavy atom. The Labute approximate surface area is 137 Å². The van der Waals surface area contributed by atoms with Crippen molar-refractivity contribution < 1.29 is 23.9 Å². The first kappa shape index (κ1) is 15.7. The van der Waals surface area contributed by atoms with Crippen LogP contribution in [0.4, 0.5) is 5.69 Å². The zero-order chi connectivity index (χ0) is 16.6. The fourth-order valence-corrected chi connectivity index (χ4v) is 3.54. The molecule has 122 valence electrons. The summed E-state index contributed by atoms with van der Waals surface area (Å²) < 4.78 is 10.4. The molecule has 1 aromatic rings. The van der Waals surface area contributed by atoms with E-state index in [1.54, 1.807) is 32.0 Å². The highest BCUT2D eigenvalue weighted by Crippen LogP contribution is 2.34. The van der Waals surface area contributed by atoms with Gasteiger partial charge < -0.3 is 14.8 Å². The molecule has 0 unspecified atom stereocenters. The molecule has 3 amide bonds. The van der Waals surface area contributed by atoms with E-state index in [1.165, 1.54) is 11.8 Å². The maximum absolute atomic E-state index is 12.1. The van der Waals surface area contributed by atoms with Crippen LogP contribution < -0.4 is 14.8 Å². The van der Waals surface area contributed by atoms with Crippen molar-refractivity contribution in [3.05, 3.63) is 18.2 Å². The summed E-state index contributed by atoms with van der Waals surface area (Å²) in [6.07, 6.45) is 0. The van der Waals surface area contributed by atoms with E-state index in [0.717, 1.165) is 4.90 Å². The smallest absolute Gasteiger partial charge is 0.244 e. The van der Waals surface area contributed by atoms with Gasteiger partial charge in [0.25, 0.3) is 0 Å². The molecule has 1 aromatic carbocycles. The van der Waals surface area contributed by atoms with Crippen molar-refractivity contribution in [3.8, 4) is 11.5 Å². The number of nitrogens with zero attached hydrogens (tertiary/aromatic N) is 1. The molecule has 0 bridgehead atoms. The molecule has 1 saturated heterocycles. The van der Waals surface area contributed by atoms with E-state index in [-0.39, 0.29) is 35.7 Å². The van der Waals surface area contributed by atoms with Crippen LogP contribution in [0.3, 0.4) is 0 Å². The summed E-state index contributed by atoms with van der Waals surface area (Å²) in [6.45, 7) is 3.33. The van der Waals surface area contributed by atoms with Gasteiger partial charge in [0.2, 0.25) is 24.5 Å². The lowest BCUT2D eigenvalue weighted by Crippen LogP contribution is -2.52. The topological polar surface area (TPSA) is 84.9 Å². The lowest BCUT2D eigenvalue weighted by atomic mass is 10.2.